The zero-order valence-corrected chi connectivity index (χ0v) is 23.6. The van der Waals surface area contributed by atoms with Crippen LogP contribution >= 0.6 is 0 Å². The number of nitrogens with one attached hydrogen (secondary N) is 2. The molecule has 8 heteroatoms. The third kappa shape index (κ3) is 8.69. The second kappa shape index (κ2) is 14.7. The van der Waals surface area contributed by atoms with Gasteiger partial charge in [0, 0.05) is 43.4 Å². The molecule has 0 aliphatic rings. The van der Waals surface area contributed by atoms with Crippen LogP contribution in [0.4, 0.5) is 8.78 Å². The number of benzene rings is 3. The first-order valence-electron chi connectivity index (χ1n) is 13.8. The van der Waals surface area contributed by atoms with Gasteiger partial charge in [-0.3, -0.25) is 9.59 Å². The number of nitrogens with zero attached hydrogens (tertiary/aromatic N) is 1. The van der Waals surface area contributed by atoms with E-state index in [-0.39, 0.29) is 24.4 Å². The molecular formula is C32H39F2N3O3. The smallest absolute Gasteiger partial charge is 0.253 e. The second-order valence-electron chi connectivity index (χ2n) is 10.00. The largest absolute Gasteiger partial charge is 0.390 e. The first-order chi connectivity index (χ1) is 19.1. The Morgan fingerprint density at radius 3 is 2.17 bits per heavy atom. The van der Waals surface area contributed by atoms with Crippen molar-refractivity contribution in [3.63, 3.8) is 0 Å². The second-order valence-corrected chi connectivity index (χ2v) is 10.00. The Bertz CT molecular complexity index is 1290. The van der Waals surface area contributed by atoms with E-state index in [1.54, 1.807) is 24.0 Å². The highest BCUT2D eigenvalue weighted by atomic mass is 19.1. The van der Waals surface area contributed by atoms with Crippen LogP contribution in [0.15, 0.2) is 60.7 Å². The van der Waals surface area contributed by atoms with Crippen molar-refractivity contribution in [3.05, 3.63) is 106 Å². The fourth-order valence-corrected chi connectivity index (χ4v) is 4.71. The van der Waals surface area contributed by atoms with Crippen LogP contribution in [-0.4, -0.2) is 53.6 Å². The molecule has 2 atom stereocenters. The zero-order valence-electron chi connectivity index (χ0n) is 23.6. The summed E-state index contributed by atoms with van der Waals surface area (Å²) in [6, 6.07) is 15.3. The van der Waals surface area contributed by atoms with Crippen molar-refractivity contribution in [2.45, 2.75) is 59.2 Å². The van der Waals surface area contributed by atoms with Crippen LogP contribution in [0.1, 0.15) is 63.7 Å². The highest BCUT2D eigenvalue weighted by Crippen LogP contribution is 2.16. The molecule has 3 N–H and O–H groups in total. The van der Waals surface area contributed by atoms with Gasteiger partial charge in [-0.1, -0.05) is 31.2 Å². The van der Waals surface area contributed by atoms with Crippen LogP contribution in [-0.2, 0) is 19.4 Å². The molecule has 3 aromatic rings. The summed E-state index contributed by atoms with van der Waals surface area (Å²) >= 11 is 0. The molecule has 0 aliphatic carbocycles. The maximum atomic E-state index is 13.9. The molecule has 0 bridgehead atoms. The topological polar surface area (TPSA) is 81.7 Å². The fraction of sp³-hybridized carbons (Fsp3) is 0.375. The van der Waals surface area contributed by atoms with E-state index in [4.69, 9.17) is 0 Å². The van der Waals surface area contributed by atoms with Gasteiger partial charge < -0.3 is 20.6 Å². The number of amides is 2. The minimum absolute atomic E-state index is 0.00559. The monoisotopic (exact) mass is 551 g/mol. The van der Waals surface area contributed by atoms with Crippen molar-refractivity contribution < 1.29 is 23.5 Å². The summed E-state index contributed by atoms with van der Waals surface area (Å²) in [7, 11) is 0. The van der Waals surface area contributed by atoms with E-state index >= 15 is 0 Å². The van der Waals surface area contributed by atoms with Gasteiger partial charge in [-0.15, -0.1) is 0 Å². The van der Waals surface area contributed by atoms with E-state index in [0.717, 1.165) is 23.6 Å². The van der Waals surface area contributed by atoms with E-state index < -0.39 is 29.7 Å². The molecule has 0 aliphatic heterocycles. The lowest BCUT2D eigenvalue weighted by Crippen LogP contribution is -2.48. The number of aryl methyl sites for hydroxylation is 2. The first kappa shape index (κ1) is 30.9. The lowest BCUT2D eigenvalue weighted by molar-refractivity contribution is 0.0772. The summed E-state index contributed by atoms with van der Waals surface area (Å²) in [5.41, 5.74) is 3.97. The van der Waals surface area contributed by atoms with Crippen molar-refractivity contribution in [2.75, 3.05) is 19.6 Å². The molecule has 214 valence electrons. The minimum atomic E-state index is -1.06. The van der Waals surface area contributed by atoms with E-state index in [1.165, 1.54) is 23.8 Å². The third-order valence-corrected chi connectivity index (χ3v) is 6.88. The Kier molecular flexibility index (Phi) is 11.3. The van der Waals surface area contributed by atoms with Gasteiger partial charge in [-0.05, 0) is 86.2 Å². The Labute approximate surface area is 235 Å². The molecule has 2 amide bonds. The number of carbonyl (C=O) groups excluding carboxylic acids is 2. The van der Waals surface area contributed by atoms with Gasteiger partial charge in [0.2, 0.25) is 0 Å². The van der Waals surface area contributed by atoms with Gasteiger partial charge in [-0.2, -0.15) is 0 Å². The molecule has 0 saturated carbocycles. The average Bonchev–Trinajstić information content (AvgIpc) is 2.92. The summed E-state index contributed by atoms with van der Waals surface area (Å²) in [5.74, 6) is -2.14. The summed E-state index contributed by atoms with van der Waals surface area (Å²) in [5, 5.41) is 17.1. The van der Waals surface area contributed by atoms with Crippen LogP contribution in [0.5, 0.6) is 0 Å². The summed E-state index contributed by atoms with van der Waals surface area (Å²) in [4.78, 5) is 28.0. The highest BCUT2D eigenvalue weighted by Gasteiger charge is 2.24. The standard InChI is InChI=1S/C32H39F2N3O3/c1-5-22-9-8-10-23(13-22)19-35-20-30(38)29(16-24-14-27(33)18-28(34)15-24)36-31(39)25-11-21(4)12-26(17-25)32(40)37(6-2)7-3/h8-15,17-18,29-30,35,38H,5-7,16,19-20H2,1-4H3,(H,36,39)/t29-,30+/m0/s1. The van der Waals surface area contributed by atoms with Crippen molar-refractivity contribution >= 4 is 11.8 Å². The Morgan fingerprint density at radius 2 is 1.52 bits per heavy atom. The van der Waals surface area contributed by atoms with Gasteiger partial charge in [0.15, 0.2) is 0 Å². The van der Waals surface area contributed by atoms with Gasteiger partial charge >= 0.3 is 0 Å². The molecule has 40 heavy (non-hydrogen) atoms. The maximum absolute atomic E-state index is 13.9. The summed E-state index contributed by atoms with van der Waals surface area (Å²) in [6.45, 7) is 9.39. The molecule has 0 fully saturated rings. The van der Waals surface area contributed by atoms with Crippen molar-refractivity contribution in [1.82, 2.24) is 15.5 Å². The molecule has 0 aromatic heterocycles. The zero-order chi connectivity index (χ0) is 29.2. The number of carbonyl (C=O) groups is 2. The van der Waals surface area contributed by atoms with Crippen LogP contribution in [0.25, 0.3) is 0 Å². The SMILES string of the molecule is CCc1cccc(CNC[C@@H](O)[C@H](Cc2cc(F)cc(F)c2)NC(=O)c2cc(C)cc(C(=O)N(CC)CC)c2)c1. The molecule has 3 aromatic carbocycles. The maximum Gasteiger partial charge on any atom is 0.253 e. The Balaban J connectivity index is 1.80. The summed E-state index contributed by atoms with van der Waals surface area (Å²) in [6.07, 6.45) is -0.145. The van der Waals surface area contributed by atoms with E-state index in [2.05, 4.69) is 23.6 Å². The number of hydrogen-bond acceptors (Lipinski definition) is 4. The van der Waals surface area contributed by atoms with Crippen LogP contribution < -0.4 is 10.6 Å². The molecule has 3 rings (SSSR count). The number of aliphatic hydroxyl groups excluding tert-OH is 1. The predicted octanol–water partition coefficient (Wildman–Crippen LogP) is 4.81. The quantitative estimate of drug-likeness (QED) is 0.285. The fourth-order valence-electron chi connectivity index (χ4n) is 4.71. The van der Waals surface area contributed by atoms with Gasteiger partial charge in [0.1, 0.15) is 11.6 Å². The lowest BCUT2D eigenvalue weighted by atomic mass is 9.99. The number of rotatable bonds is 13. The Morgan fingerprint density at radius 1 is 0.875 bits per heavy atom. The molecule has 0 saturated heterocycles. The van der Waals surface area contributed by atoms with Crippen molar-refractivity contribution in [2.24, 2.45) is 0 Å². The average molecular weight is 552 g/mol. The van der Waals surface area contributed by atoms with Crippen molar-refractivity contribution in [1.29, 1.82) is 0 Å². The van der Waals surface area contributed by atoms with E-state index in [1.807, 2.05) is 32.0 Å². The minimum Gasteiger partial charge on any atom is -0.390 e. The molecule has 0 spiro atoms. The molecule has 0 unspecified atom stereocenters. The van der Waals surface area contributed by atoms with E-state index in [9.17, 15) is 23.5 Å². The predicted molar refractivity (Wildman–Crippen MR) is 153 cm³/mol. The van der Waals surface area contributed by atoms with Gasteiger partial charge in [-0.25, -0.2) is 8.78 Å². The number of aliphatic hydroxyl groups is 1. The van der Waals surface area contributed by atoms with Gasteiger partial charge in [0.05, 0.1) is 12.1 Å². The number of hydrogen-bond donors (Lipinski definition) is 3. The number of halogens is 2. The summed E-state index contributed by atoms with van der Waals surface area (Å²) < 4.78 is 27.8. The molecule has 0 heterocycles. The highest BCUT2D eigenvalue weighted by molar-refractivity contribution is 6.00. The van der Waals surface area contributed by atoms with Crippen LogP contribution in [0.3, 0.4) is 0 Å². The normalized spacial score (nSPS) is 12.6. The third-order valence-electron chi connectivity index (χ3n) is 6.88. The Hall–Kier alpha value is -3.62. The first-order valence-corrected chi connectivity index (χ1v) is 13.8. The van der Waals surface area contributed by atoms with Crippen molar-refractivity contribution in [3.8, 4) is 0 Å². The lowest BCUT2D eigenvalue weighted by Gasteiger charge is -2.25. The van der Waals surface area contributed by atoms with E-state index in [0.29, 0.717) is 30.8 Å². The van der Waals surface area contributed by atoms with Crippen LogP contribution in [0, 0.1) is 18.6 Å². The van der Waals surface area contributed by atoms with Crippen LogP contribution in [0.2, 0.25) is 0 Å². The molecular weight excluding hydrogens is 512 g/mol. The molecule has 0 radical (unpaired) electrons. The molecule has 6 nitrogen and oxygen atoms in total. The van der Waals surface area contributed by atoms with Gasteiger partial charge in [0.25, 0.3) is 11.8 Å².